The van der Waals surface area contributed by atoms with Crippen molar-refractivity contribution in [2.24, 2.45) is 10.4 Å². The highest BCUT2D eigenvalue weighted by Gasteiger charge is 2.23. The zero-order chi connectivity index (χ0) is 11.6. The molecule has 0 saturated carbocycles. The standard InChI is InChI=1S/C11H17N3S2/c1-8-14-9(5-15-8)4-12-10-13-6-11(2,3)7-16-10/h5H,4,6-7H2,1-3H3,(H,12,13). The Kier molecular flexibility index (Phi) is 3.54. The number of amidine groups is 1. The molecule has 0 atom stereocenters. The lowest BCUT2D eigenvalue weighted by Crippen LogP contribution is -2.31. The third-order valence-corrected chi connectivity index (χ3v) is 4.63. The van der Waals surface area contributed by atoms with Gasteiger partial charge in [0.05, 0.1) is 17.2 Å². The van der Waals surface area contributed by atoms with E-state index in [2.05, 4.69) is 34.5 Å². The summed E-state index contributed by atoms with van der Waals surface area (Å²) >= 11 is 3.50. The first kappa shape index (κ1) is 11.9. The number of nitrogens with one attached hydrogen (secondary N) is 1. The minimum absolute atomic E-state index is 0.340. The lowest BCUT2D eigenvalue weighted by Gasteiger charge is -2.27. The molecule has 0 bridgehead atoms. The van der Waals surface area contributed by atoms with Crippen LogP contribution >= 0.6 is 23.1 Å². The molecule has 0 unspecified atom stereocenters. The van der Waals surface area contributed by atoms with Crippen molar-refractivity contribution in [1.82, 2.24) is 10.3 Å². The van der Waals surface area contributed by atoms with Crippen LogP contribution in [0.5, 0.6) is 0 Å². The maximum absolute atomic E-state index is 4.55. The van der Waals surface area contributed by atoms with Crippen molar-refractivity contribution in [3.05, 3.63) is 16.1 Å². The van der Waals surface area contributed by atoms with Crippen molar-refractivity contribution in [2.45, 2.75) is 27.3 Å². The van der Waals surface area contributed by atoms with Gasteiger partial charge in [-0.1, -0.05) is 25.6 Å². The summed E-state index contributed by atoms with van der Waals surface area (Å²) in [5.74, 6) is 1.13. The van der Waals surface area contributed by atoms with Gasteiger partial charge in [0.25, 0.3) is 0 Å². The Morgan fingerprint density at radius 2 is 2.31 bits per heavy atom. The third kappa shape index (κ3) is 3.22. The predicted octanol–water partition coefficient (Wildman–Crippen LogP) is 2.67. The Bertz CT molecular complexity index is 396. The van der Waals surface area contributed by atoms with Gasteiger partial charge in [-0.3, -0.25) is 4.99 Å². The minimum atomic E-state index is 0.340. The van der Waals surface area contributed by atoms with Crippen LogP contribution in [0.15, 0.2) is 10.4 Å². The molecule has 0 aliphatic carbocycles. The summed E-state index contributed by atoms with van der Waals surface area (Å²) in [6.07, 6.45) is 0. The molecule has 3 nitrogen and oxygen atoms in total. The van der Waals surface area contributed by atoms with E-state index in [0.717, 1.165) is 34.7 Å². The second kappa shape index (κ2) is 4.75. The number of aromatic nitrogens is 1. The Morgan fingerprint density at radius 1 is 1.50 bits per heavy atom. The average Bonchev–Trinajstić information content (AvgIpc) is 2.63. The summed E-state index contributed by atoms with van der Waals surface area (Å²) in [5, 5.41) is 7.63. The van der Waals surface area contributed by atoms with Crippen molar-refractivity contribution >= 4 is 28.3 Å². The molecule has 0 saturated heterocycles. The van der Waals surface area contributed by atoms with E-state index in [-0.39, 0.29) is 0 Å². The van der Waals surface area contributed by atoms with E-state index in [1.807, 2.05) is 18.7 Å². The summed E-state index contributed by atoms with van der Waals surface area (Å²) in [5.41, 5.74) is 1.45. The quantitative estimate of drug-likeness (QED) is 0.883. The topological polar surface area (TPSA) is 37.3 Å². The zero-order valence-electron chi connectivity index (χ0n) is 9.91. The molecule has 0 fully saturated rings. The Hall–Kier alpha value is -0.550. The highest BCUT2D eigenvalue weighted by Crippen LogP contribution is 2.27. The van der Waals surface area contributed by atoms with E-state index in [1.54, 1.807) is 11.3 Å². The molecule has 0 amide bonds. The lowest BCUT2D eigenvalue weighted by molar-refractivity contribution is 0.436. The van der Waals surface area contributed by atoms with Gasteiger partial charge in [0.1, 0.15) is 0 Å². The van der Waals surface area contributed by atoms with E-state index in [1.165, 1.54) is 0 Å². The zero-order valence-corrected chi connectivity index (χ0v) is 11.5. The number of aliphatic imine (C=N–C) groups is 1. The normalized spacial score (nSPS) is 19.3. The number of hydrogen-bond donors (Lipinski definition) is 1. The molecule has 0 aromatic carbocycles. The maximum atomic E-state index is 4.55. The van der Waals surface area contributed by atoms with Gasteiger partial charge in [0, 0.05) is 17.7 Å². The van der Waals surface area contributed by atoms with Gasteiger partial charge in [-0.05, 0) is 12.3 Å². The predicted molar refractivity (Wildman–Crippen MR) is 72.2 cm³/mol. The fourth-order valence-electron chi connectivity index (χ4n) is 1.40. The van der Waals surface area contributed by atoms with Gasteiger partial charge < -0.3 is 5.32 Å². The maximum Gasteiger partial charge on any atom is 0.156 e. The highest BCUT2D eigenvalue weighted by atomic mass is 32.2. The largest absolute Gasteiger partial charge is 0.359 e. The summed E-state index contributed by atoms with van der Waals surface area (Å²) in [7, 11) is 0. The van der Waals surface area contributed by atoms with Crippen LogP contribution in [0.1, 0.15) is 24.5 Å². The first-order chi connectivity index (χ1) is 7.55. The van der Waals surface area contributed by atoms with Gasteiger partial charge in [-0.15, -0.1) is 11.3 Å². The summed E-state index contributed by atoms with van der Waals surface area (Å²) in [4.78, 5) is 8.96. The first-order valence-electron chi connectivity index (χ1n) is 5.37. The van der Waals surface area contributed by atoms with E-state index in [0.29, 0.717) is 5.41 Å². The number of thiazole rings is 1. The van der Waals surface area contributed by atoms with Gasteiger partial charge in [-0.2, -0.15) is 0 Å². The van der Waals surface area contributed by atoms with Gasteiger partial charge in [-0.25, -0.2) is 4.98 Å². The van der Waals surface area contributed by atoms with Crippen LogP contribution in [0.2, 0.25) is 0 Å². The van der Waals surface area contributed by atoms with Crippen LogP contribution in [-0.2, 0) is 6.54 Å². The van der Waals surface area contributed by atoms with E-state index in [4.69, 9.17) is 0 Å². The Labute approximate surface area is 105 Å². The third-order valence-electron chi connectivity index (χ3n) is 2.34. The summed E-state index contributed by atoms with van der Waals surface area (Å²) in [6, 6.07) is 0. The second-order valence-corrected chi connectivity index (χ2v) is 6.81. The fraction of sp³-hybridized carbons (Fsp3) is 0.636. The Morgan fingerprint density at radius 3 is 2.88 bits per heavy atom. The van der Waals surface area contributed by atoms with Crippen LogP contribution in [0.25, 0.3) is 0 Å². The number of aryl methyl sites for hydroxylation is 1. The molecule has 0 radical (unpaired) electrons. The first-order valence-corrected chi connectivity index (χ1v) is 7.24. The fourth-order valence-corrected chi connectivity index (χ4v) is 2.96. The molecule has 2 heterocycles. The van der Waals surface area contributed by atoms with Crippen molar-refractivity contribution in [2.75, 3.05) is 12.3 Å². The Balaban J connectivity index is 1.85. The van der Waals surface area contributed by atoms with E-state index >= 15 is 0 Å². The average molecular weight is 255 g/mol. The van der Waals surface area contributed by atoms with Gasteiger partial charge in [0.15, 0.2) is 5.17 Å². The number of nitrogens with zero attached hydrogens (tertiary/aromatic N) is 2. The molecular weight excluding hydrogens is 238 g/mol. The van der Waals surface area contributed by atoms with E-state index in [9.17, 15) is 0 Å². The molecule has 1 aromatic rings. The molecule has 2 rings (SSSR count). The molecule has 5 heteroatoms. The molecule has 1 aliphatic heterocycles. The number of rotatable bonds is 2. The molecule has 1 aliphatic rings. The van der Waals surface area contributed by atoms with Crippen LogP contribution in [0.4, 0.5) is 0 Å². The van der Waals surface area contributed by atoms with E-state index < -0.39 is 0 Å². The van der Waals surface area contributed by atoms with Crippen LogP contribution in [0, 0.1) is 12.3 Å². The van der Waals surface area contributed by atoms with Gasteiger partial charge >= 0.3 is 0 Å². The summed E-state index contributed by atoms with van der Waals surface area (Å²) < 4.78 is 0. The molecule has 1 aromatic heterocycles. The van der Waals surface area contributed by atoms with Crippen LogP contribution < -0.4 is 5.32 Å². The highest BCUT2D eigenvalue weighted by molar-refractivity contribution is 8.13. The summed E-state index contributed by atoms with van der Waals surface area (Å²) in [6.45, 7) is 8.24. The molecule has 0 spiro atoms. The minimum Gasteiger partial charge on any atom is -0.359 e. The molecule has 16 heavy (non-hydrogen) atoms. The van der Waals surface area contributed by atoms with Crippen LogP contribution in [0.3, 0.4) is 0 Å². The molecule has 88 valence electrons. The van der Waals surface area contributed by atoms with Gasteiger partial charge in [0.2, 0.25) is 0 Å². The number of hydrogen-bond acceptors (Lipinski definition) is 5. The van der Waals surface area contributed by atoms with Crippen molar-refractivity contribution in [1.29, 1.82) is 0 Å². The molecule has 1 N–H and O–H groups in total. The van der Waals surface area contributed by atoms with Crippen molar-refractivity contribution in [3.8, 4) is 0 Å². The van der Waals surface area contributed by atoms with Crippen molar-refractivity contribution in [3.63, 3.8) is 0 Å². The smallest absolute Gasteiger partial charge is 0.156 e. The second-order valence-electron chi connectivity index (χ2n) is 4.79. The molecular formula is C11H17N3S2. The monoisotopic (exact) mass is 255 g/mol. The number of thioether (sulfide) groups is 1. The van der Waals surface area contributed by atoms with Crippen LogP contribution in [-0.4, -0.2) is 22.4 Å². The lowest BCUT2D eigenvalue weighted by atomic mass is 9.97. The van der Waals surface area contributed by atoms with Crippen molar-refractivity contribution < 1.29 is 0 Å². The SMILES string of the molecule is Cc1nc(CNC2=NCC(C)(C)CS2)cs1.